The van der Waals surface area contributed by atoms with Gasteiger partial charge in [-0.1, -0.05) is 25.1 Å². The number of hydrogen-bond donors (Lipinski definition) is 0. The van der Waals surface area contributed by atoms with Crippen LogP contribution < -0.4 is 0 Å². The van der Waals surface area contributed by atoms with Crippen LogP contribution in [0.15, 0.2) is 35.2 Å². The molecule has 1 aromatic carbocycles. The molecule has 0 aromatic heterocycles. The molecule has 0 saturated heterocycles. The van der Waals surface area contributed by atoms with Gasteiger partial charge in [-0.2, -0.15) is 8.42 Å². The molecule has 0 spiro atoms. The highest BCUT2D eigenvalue weighted by molar-refractivity contribution is 7.86. The highest BCUT2D eigenvalue weighted by Gasteiger charge is 2.12. The van der Waals surface area contributed by atoms with Crippen LogP contribution in [-0.4, -0.2) is 15.0 Å². The molecule has 0 aliphatic heterocycles. The Labute approximate surface area is 78.5 Å². The van der Waals surface area contributed by atoms with E-state index >= 15 is 0 Å². The zero-order chi connectivity index (χ0) is 9.73. The lowest BCUT2D eigenvalue weighted by atomic mass is 10.4. The van der Waals surface area contributed by atoms with Crippen molar-refractivity contribution in [3.05, 3.63) is 30.3 Å². The zero-order valence-electron chi connectivity index (χ0n) is 7.43. The first-order valence-corrected chi connectivity index (χ1v) is 5.52. The van der Waals surface area contributed by atoms with E-state index in [0.29, 0.717) is 6.42 Å². The van der Waals surface area contributed by atoms with Gasteiger partial charge in [0, 0.05) is 0 Å². The van der Waals surface area contributed by atoms with E-state index in [1.807, 2.05) is 6.92 Å². The van der Waals surface area contributed by atoms with Gasteiger partial charge in [-0.05, 0) is 18.6 Å². The minimum atomic E-state index is -3.52. The topological polar surface area (TPSA) is 43.4 Å². The Morgan fingerprint density at radius 2 is 1.85 bits per heavy atom. The van der Waals surface area contributed by atoms with Gasteiger partial charge in [0.15, 0.2) is 0 Å². The second kappa shape index (κ2) is 4.39. The first kappa shape index (κ1) is 10.2. The molecule has 0 fully saturated rings. The van der Waals surface area contributed by atoms with Crippen molar-refractivity contribution in [2.45, 2.75) is 18.2 Å². The van der Waals surface area contributed by atoms with Gasteiger partial charge in [0.05, 0.1) is 11.5 Å². The van der Waals surface area contributed by atoms with E-state index in [1.165, 1.54) is 12.1 Å². The molecule has 0 unspecified atom stereocenters. The Balaban J connectivity index is 2.83. The van der Waals surface area contributed by atoms with Crippen molar-refractivity contribution in [2.75, 3.05) is 6.61 Å². The number of hydrogen-bond acceptors (Lipinski definition) is 3. The molecule has 72 valence electrons. The maximum atomic E-state index is 11.4. The molecule has 4 heteroatoms. The summed E-state index contributed by atoms with van der Waals surface area (Å²) in [7, 11) is -3.52. The molecule has 0 aliphatic carbocycles. The molecule has 3 nitrogen and oxygen atoms in total. The second-order valence-corrected chi connectivity index (χ2v) is 4.20. The van der Waals surface area contributed by atoms with Crippen molar-refractivity contribution in [2.24, 2.45) is 0 Å². The summed E-state index contributed by atoms with van der Waals surface area (Å²) in [4.78, 5) is 0.212. The minimum absolute atomic E-state index is 0.212. The van der Waals surface area contributed by atoms with Gasteiger partial charge in [0.2, 0.25) is 0 Å². The molecule has 0 amide bonds. The maximum Gasteiger partial charge on any atom is 0.296 e. The predicted molar refractivity (Wildman–Crippen MR) is 49.9 cm³/mol. The molecular formula is C9H12O3S. The highest BCUT2D eigenvalue weighted by Crippen LogP contribution is 2.10. The average molecular weight is 200 g/mol. The summed E-state index contributed by atoms with van der Waals surface area (Å²) in [6, 6.07) is 8.14. The van der Waals surface area contributed by atoms with Crippen molar-refractivity contribution in [3.63, 3.8) is 0 Å². The third-order valence-electron chi connectivity index (χ3n) is 1.47. The largest absolute Gasteiger partial charge is 0.296 e. The van der Waals surface area contributed by atoms with Crippen molar-refractivity contribution >= 4 is 10.1 Å². The lowest BCUT2D eigenvalue weighted by molar-refractivity contribution is 0.318. The van der Waals surface area contributed by atoms with E-state index in [-0.39, 0.29) is 11.5 Å². The normalized spacial score (nSPS) is 11.5. The smallest absolute Gasteiger partial charge is 0.266 e. The third kappa shape index (κ3) is 2.82. The summed E-state index contributed by atoms with van der Waals surface area (Å²) >= 11 is 0. The van der Waals surface area contributed by atoms with Gasteiger partial charge in [-0.25, -0.2) is 0 Å². The molecule has 0 N–H and O–H groups in total. The van der Waals surface area contributed by atoms with Crippen LogP contribution in [0.5, 0.6) is 0 Å². The standard InChI is InChI=1S/C9H12O3S/c1-2-8-12-13(10,11)9-6-4-3-5-7-9/h3-7H,2,8H2,1H3. The monoisotopic (exact) mass is 200 g/mol. The van der Waals surface area contributed by atoms with Gasteiger partial charge < -0.3 is 0 Å². The zero-order valence-corrected chi connectivity index (χ0v) is 8.25. The lowest BCUT2D eigenvalue weighted by Crippen LogP contribution is -2.06. The van der Waals surface area contributed by atoms with E-state index in [0.717, 1.165) is 0 Å². The Morgan fingerprint density at radius 1 is 1.23 bits per heavy atom. The SMILES string of the molecule is CCCOS(=O)(=O)c1ccccc1. The summed E-state index contributed by atoms with van der Waals surface area (Å²) in [6.07, 6.45) is 0.687. The van der Waals surface area contributed by atoms with Crippen molar-refractivity contribution in [1.82, 2.24) is 0 Å². The van der Waals surface area contributed by atoms with Gasteiger partial charge in [-0.3, -0.25) is 4.18 Å². The highest BCUT2D eigenvalue weighted by atomic mass is 32.2. The third-order valence-corrected chi connectivity index (χ3v) is 2.80. The molecule has 0 heterocycles. The molecule has 13 heavy (non-hydrogen) atoms. The summed E-state index contributed by atoms with van der Waals surface area (Å²) in [6.45, 7) is 2.09. The quantitative estimate of drug-likeness (QED) is 0.696. The van der Waals surface area contributed by atoms with Gasteiger partial charge >= 0.3 is 0 Å². The van der Waals surface area contributed by atoms with Crippen LogP contribution >= 0.6 is 0 Å². The van der Waals surface area contributed by atoms with Crippen LogP contribution in [0, 0.1) is 0 Å². The van der Waals surface area contributed by atoms with Crippen molar-refractivity contribution in [1.29, 1.82) is 0 Å². The van der Waals surface area contributed by atoms with Crippen LogP contribution in [0.4, 0.5) is 0 Å². The molecule has 1 aromatic rings. The summed E-state index contributed by atoms with van der Waals surface area (Å²) in [5.74, 6) is 0. The van der Waals surface area contributed by atoms with Gasteiger partial charge in [0.25, 0.3) is 10.1 Å². The fourth-order valence-corrected chi connectivity index (χ4v) is 1.86. The first-order chi connectivity index (χ1) is 6.17. The van der Waals surface area contributed by atoms with Gasteiger partial charge in [-0.15, -0.1) is 0 Å². The van der Waals surface area contributed by atoms with Crippen LogP contribution in [0.25, 0.3) is 0 Å². The van der Waals surface area contributed by atoms with E-state index in [4.69, 9.17) is 4.18 Å². The summed E-state index contributed by atoms with van der Waals surface area (Å²) in [5.41, 5.74) is 0. The number of benzene rings is 1. The summed E-state index contributed by atoms with van der Waals surface area (Å²) in [5, 5.41) is 0. The molecule has 0 atom stereocenters. The van der Waals surface area contributed by atoms with E-state index < -0.39 is 10.1 Å². The molecular weight excluding hydrogens is 188 g/mol. The fourth-order valence-electron chi connectivity index (χ4n) is 0.848. The first-order valence-electron chi connectivity index (χ1n) is 4.11. The fraction of sp³-hybridized carbons (Fsp3) is 0.333. The van der Waals surface area contributed by atoms with Crippen LogP contribution in [0.1, 0.15) is 13.3 Å². The molecule has 0 bridgehead atoms. The Bertz CT molecular complexity index is 342. The molecule has 0 aliphatic rings. The second-order valence-electron chi connectivity index (χ2n) is 2.59. The van der Waals surface area contributed by atoms with Crippen LogP contribution in [0.3, 0.4) is 0 Å². The van der Waals surface area contributed by atoms with Crippen molar-refractivity contribution < 1.29 is 12.6 Å². The van der Waals surface area contributed by atoms with Crippen LogP contribution in [0.2, 0.25) is 0 Å². The molecule has 0 radical (unpaired) electrons. The Kier molecular flexibility index (Phi) is 3.45. The maximum absolute atomic E-state index is 11.4. The number of rotatable bonds is 4. The predicted octanol–water partition coefficient (Wildman–Crippen LogP) is 1.80. The van der Waals surface area contributed by atoms with Gasteiger partial charge in [0.1, 0.15) is 0 Å². The lowest BCUT2D eigenvalue weighted by Gasteiger charge is -2.02. The van der Waals surface area contributed by atoms with E-state index in [9.17, 15) is 8.42 Å². The van der Waals surface area contributed by atoms with Crippen LogP contribution in [-0.2, 0) is 14.3 Å². The summed E-state index contributed by atoms with van der Waals surface area (Å²) < 4.78 is 27.5. The minimum Gasteiger partial charge on any atom is -0.266 e. The Hall–Kier alpha value is -0.870. The van der Waals surface area contributed by atoms with E-state index in [1.54, 1.807) is 18.2 Å². The average Bonchev–Trinajstić information content (AvgIpc) is 2.16. The Morgan fingerprint density at radius 3 is 2.38 bits per heavy atom. The van der Waals surface area contributed by atoms with Crippen molar-refractivity contribution in [3.8, 4) is 0 Å². The van der Waals surface area contributed by atoms with E-state index in [2.05, 4.69) is 0 Å². The molecule has 1 rings (SSSR count). The molecule has 0 saturated carbocycles.